The third-order valence-electron chi connectivity index (χ3n) is 3.16. The first kappa shape index (κ1) is 14.6. The number of amides is 1. The molecule has 0 radical (unpaired) electrons. The van der Waals surface area contributed by atoms with E-state index in [1.165, 1.54) is 0 Å². The van der Waals surface area contributed by atoms with E-state index in [1.54, 1.807) is 15.5 Å². The fourth-order valence-electron chi connectivity index (χ4n) is 2.44. The van der Waals surface area contributed by atoms with Gasteiger partial charge in [0.15, 0.2) is 0 Å². The second kappa shape index (κ2) is 5.26. The third kappa shape index (κ3) is 3.19. The predicted molar refractivity (Wildman–Crippen MR) is 75.1 cm³/mol. The summed E-state index contributed by atoms with van der Waals surface area (Å²) in [5, 5.41) is 9.28. The Balaban J connectivity index is 2.21. The Bertz CT molecular complexity index is 484. The molecule has 1 amide bonds. The van der Waals surface area contributed by atoms with Crippen molar-refractivity contribution in [1.82, 2.24) is 9.47 Å². The number of rotatable bonds is 2. The molecular weight excluding hydrogens is 312 g/mol. The van der Waals surface area contributed by atoms with E-state index in [1.807, 2.05) is 27.1 Å². The van der Waals surface area contributed by atoms with Gasteiger partial charge in [0.1, 0.15) is 5.69 Å². The van der Waals surface area contributed by atoms with E-state index in [4.69, 9.17) is 4.74 Å². The summed E-state index contributed by atoms with van der Waals surface area (Å²) in [5.74, 6) is -0.0389. The summed E-state index contributed by atoms with van der Waals surface area (Å²) in [6.07, 6.45) is 1.53. The zero-order valence-electron chi connectivity index (χ0n) is 11.4. The van der Waals surface area contributed by atoms with Crippen LogP contribution in [0.2, 0.25) is 0 Å². The van der Waals surface area contributed by atoms with Gasteiger partial charge >= 0.3 is 0 Å². The van der Waals surface area contributed by atoms with Crippen LogP contribution >= 0.6 is 15.9 Å². The van der Waals surface area contributed by atoms with Gasteiger partial charge in [-0.3, -0.25) is 4.79 Å². The largest absolute Gasteiger partial charge is 0.394 e. The highest BCUT2D eigenvalue weighted by molar-refractivity contribution is 9.10. The lowest BCUT2D eigenvalue weighted by Crippen LogP contribution is -2.55. The van der Waals surface area contributed by atoms with Crippen LogP contribution in [0.4, 0.5) is 0 Å². The number of halogens is 1. The van der Waals surface area contributed by atoms with Crippen molar-refractivity contribution in [3.8, 4) is 0 Å². The second-order valence-corrected chi connectivity index (χ2v) is 6.44. The number of aliphatic hydroxyl groups excluding tert-OH is 1. The Morgan fingerprint density at radius 1 is 1.63 bits per heavy atom. The van der Waals surface area contributed by atoms with E-state index < -0.39 is 5.60 Å². The smallest absolute Gasteiger partial charge is 0.270 e. The number of carbonyl (C=O) groups excluding carboxylic acids is 1. The molecule has 19 heavy (non-hydrogen) atoms. The molecule has 1 N–H and O–H groups in total. The van der Waals surface area contributed by atoms with Crippen LogP contribution in [0.25, 0.3) is 0 Å². The van der Waals surface area contributed by atoms with E-state index in [9.17, 15) is 9.90 Å². The molecule has 106 valence electrons. The normalized spacial score (nSPS) is 22.6. The molecule has 1 fully saturated rings. The van der Waals surface area contributed by atoms with Gasteiger partial charge in [-0.05, 0) is 35.8 Å². The SMILES string of the molecule is Cn1cc(Br)cc1C(=O)N1CC(CO)OC(C)(C)C1. The molecule has 1 aliphatic rings. The Morgan fingerprint density at radius 2 is 2.32 bits per heavy atom. The summed E-state index contributed by atoms with van der Waals surface area (Å²) in [7, 11) is 1.84. The van der Waals surface area contributed by atoms with Gasteiger partial charge in [-0.25, -0.2) is 0 Å². The molecule has 0 saturated carbocycles. The zero-order chi connectivity index (χ0) is 14.2. The molecule has 0 aromatic carbocycles. The Hall–Kier alpha value is -0.850. The van der Waals surface area contributed by atoms with Gasteiger partial charge in [-0.1, -0.05) is 0 Å². The predicted octanol–water partition coefficient (Wildman–Crippen LogP) is 1.40. The standard InChI is InChI=1S/C13H19BrN2O3/c1-13(2)8-16(6-10(7-17)19-13)12(18)11-4-9(14)5-15(11)3/h4-5,10,17H,6-8H2,1-3H3. The topological polar surface area (TPSA) is 54.7 Å². The summed E-state index contributed by atoms with van der Waals surface area (Å²) >= 11 is 3.37. The van der Waals surface area contributed by atoms with Gasteiger partial charge in [0.05, 0.1) is 18.3 Å². The van der Waals surface area contributed by atoms with E-state index in [2.05, 4.69) is 15.9 Å². The molecule has 1 unspecified atom stereocenters. The highest BCUT2D eigenvalue weighted by Crippen LogP contribution is 2.23. The molecule has 1 aliphatic heterocycles. The van der Waals surface area contributed by atoms with E-state index >= 15 is 0 Å². The van der Waals surface area contributed by atoms with Gasteiger partial charge in [0.2, 0.25) is 0 Å². The number of aliphatic hydroxyl groups is 1. The first-order valence-electron chi connectivity index (χ1n) is 6.22. The Kier molecular flexibility index (Phi) is 4.03. The average molecular weight is 331 g/mol. The molecule has 0 bridgehead atoms. The van der Waals surface area contributed by atoms with Crippen LogP contribution in [0.15, 0.2) is 16.7 Å². The van der Waals surface area contributed by atoms with Gasteiger partial charge in [-0.15, -0.1) is 0 Å². The molecule has 5 nitrogen and oxygen atoms in total. The quantitative estimate of drug-likeness (QED) is 0.891. The minimum atomic E-state index is -0.441. The molecule has 1 aromatic heterocycles. The van der Waals surface area contributed by atoms with E-state index in [0.717, 1.165) is 4.47 Å². The maximum absolute atomic E-state index is 12.5. The molecule has 2 heterocycles. The van der Waals surface area contributed by atoms with Gasteiger partial charge in [-0.2, -0.15) is 0 Å². The van der Waals surface area contributed by atoms with Crippen LogP contribution in [-0.4, -0.2) is 51.9 Å². The Morgan fingerprint density at radius 3 is 2.84 bits per heavy atom. The van der Waals surface area contributed by atoms with Crippen molar-refractivity contribution < 1.29 is 14.6 Å². The number of hydrogen-bond acceptors (Lipinski definition) is 3. The molecule has 0 spiro atoms. The van der Waals surface area contributed by atoms with Crippen molar-refractivity contribution >= 4 is 21.8 Å². The van der Waals surface area contributed by atoms with Gasteiger partial charge in [0.25, 0.3) is 5.91 Å². The minimum absolute atomic E-state index is 0.0389. The van der Waals surface area contributed by atoms with Crippen LogP contribution in [0, 0.1) is 0 Å². The molecule has 1 saturated heterocycles. The van der Waals surface area contributed by atoms with Crippen LogP contribution in [0.5, 0.6) is 0 Å². The van der Waals surface area contributed by atoms with Crippen molar-refractivity contribution in [1.29, 1.82) is 0 Å². The second-order valence-electron chi connectivity index (χ2n) is 5.52. The first-order chi connectivity index (χ1) is 8.82. The van der Waals surface area contributed by atoms with Crippen molar-refractivity contribution in [2.75, 3.05) is 19.7 Å². The minimum Gasteiger partial charge on any atom is -0.394 e. The molecule has 1 aromatic rings. The maximum atomic E-state index is 12.5. The lowest BCUT2D eigenvalue weighted by molar-refractivity contribution is -0.139. The summed E-state index contributed by atoms with van der Waals surface area (Å²) in [4.78, 5) is 14.3. The van der Waals surface area contributed by atoms with Crippen molar-refractivity contribution in [3.05, 3.63) is 22.4 Å². The van der Waals surface area contributed by atoms with Gasteiger partial charge < -0.3 is 19.3 Å². The number of carbonyl (C=O) groups is 1. The fourth-order valence-corrected chi connectivity index (χ4v) is 2.97. The molecule has 0 aliphatic carbocycles. The van der Waals surface area contributed by atoms with Crippen LogP contribution in [-0.2, 0) is 11.8 Å². The van der Waals surface area contributed by atoms with Crippen LogP contribution < -0.4 is 0 Å². The lowest BCUT2D eigenvalue weighted by Gasteiger charge is -2.42. The van der Waals surface area contributed by atoms with Crippen molar-refractivity contribution in [2.45, 2.75) is 25.6 Å². The number of aryl methyl sites for hydroxylation is 1. The number of nitrogens with zero attached hydrogens (tertiary/aromatic N) is 2. The number of morpholine rings is 1. The summed E-state index contributed by atoms with van der Waals surface area (Å²) in [5.41, 5.74) is 0.185. The summed E-state index contributed by atoms with van der Waals surface area (Å²) < 4.78 is 8.39. The monoisotopic (exact) mass is 330 g/mol. The molecule has 2 rings (SSSR count). The third-order valence-corrected chi connectivity index (χ3v) is 3.60. The average Bonchev–Trinajstić information content (AvgIpc) is 2.65. The fraction of sp³-hybridized carbons (Fsp3) is 0.615. The van der Waals surface area contributed by atoms with Crippen molar-refractivity contribution in [3.63, 3.8) is 0 Å². The molecule has 6 heteroatoms. The first-order valence-corrected chi connectivity index (χ1v) is 7.01. The van der Waals surface area contributed by atoms with Gasteiger partial charge in [0, 0.05) is 30.8 Å². The lowest BCUT2D eigenvalue weighted by atomic mass is 10.0. The summed E-state index contributed by atoms with van der Waals surface area (Å²) in [6, 6.07) is 1.80. The van der Waals surface area contributed by atoms with E-state index in [0.29, 0.717) is 18.8 Å². The highest BCUT2D eigenvalue weighted by Gasteiger charge is 2.36. The molecular formula is C13H19BrN2O3. The summed E-state index contributed by atoms with van der Waals surface area (Å²) in [6.45, 7) is 4.71. The number of ether oxygens (including phenoxy) is 1. The van der Waals surface area contributed by atoms with E-state index in [-0.39, 0.29) is 18.6 Å². The van der Waals surface area contributed by atoms with Crippen LogP contribution in [0.1, 0.15) is 24.3 Å². The maximum Gasteiger partial charge on any atom is 0.270 e. The molecule has 1 atom stereocenters. The zero-order valence-corrected chi connectivity index (χ0v) is 13.0. The number of aromatic nitrogens is 1. The highest BCUT2D eigenvalue weighted by atomic mass is 79.9. The Labute approximate surface area is 121 Å². The van der Waals surface area contributed by atoms with Crippen molar-refractivity contribution in [2.24, 2.45) is 7.05 Å². The number of hydrogen-bond donors (Lipinski definition) is 1. The van der Waals surface area contributed by atoms with Crippen LogP contribution in [0.3, 0.4) is 0 Å².